The van der Waals surface area contributed by atoms with Crippen LogP contribution in [-0.4, -0.2) is 48.5 Å². The number of hydrogen-bond acceptors (Lipinski definition) is 5. The largest absolute Gasteiger partial charge is 0.497 e. The summed E-state index contributed by atoms with van der Waals surface area (Å²) in [5.74, 6) is -0.238. The second kappa shape index (κ2) is 9.25. The molecule has 1 aliphatic rings. The van der Waals surface area contributed by atoms with Crippen molar-refractivity contribution in [1.29, 1.82) is 0 Å². The lowest BCUT2D eigenvalue weighted by atomic mass is 9.92. The third-order valence-corrected chi connectivity index (χ3v) is 5.39. The number of amides is 4. The highest BCUT2D eigenvalue weighted by atomic mass is 35.5. The fourth-order valence-electron chi connectivity index (χ4n) is 3.21. The van der Waals surface area contributed by atoms with Crippen LogP contribution in [0.4, 0.5) is 4.79 Å². The molecule has 1 saturated heterocycles. The van der Waals surface area contributed by atoms with Crippen molar-refractivity contribution in [1.82, 2.24) is 15.5 Å². The molecule has 1 aliphatic heterocycles. The zero-order valence-corrected chi connectivity index (χ0v) is 17.5. The molecule has 0 aromatic heterocycles. The zero-order chi connectivity index (χ0) is 20.2. The number of methoxy groups -OCH3 is 1. The van der Waals surface area contributed by atoms with Crippen molar-refractivity contribution in [3.8, 4) is 5.75 Å². The van der Waals surface area contributed by atoms with Crippen LogP contribution in [0.1, 0.15) is 39.2 Å². The van der Waals surface area contributed by atoms with Crippen LogP contribution in [0.2, 0.25) is 0 Å². The molecular weight excluding hydrogens is 384 g/mol. The molecule has 1 atom stereocenters. The fraction of sp³-hybridized carbons (Fsp3) is 0.526. The zero-order valence-electron chi connectivity index (χ0n) is 16.7. The van der Waals surface area contributed by atoms with E-state index < -0.39 is 28.9 Å². The summed E-state index contributed by atoms with van der Waals surface area (Å²) in [6, 6.07) is 6.27. The Kier molecular flexibility index (Phi) is 7.84. The summed E-state index contributed by atoms with van der Waals surface area (Å²) in [4.78, 5) is 38.7. The van der Waals surface area contributed by atoms with Crippen molar-refractivity contribution in [2.24, 2.45) is 5.73 Å². The van der Waals surface area contributed by atoms with Crippen LogP contribution in [-0.2, 0) is 15.1 Å². The van der Waals surface area contributed by atoms with E-state index >= 15 is 0 Å². The molecule has 1 aromatic carbocycles. The lowest BCUT2D eigenvalue weighted by Crippen LogP contribution is -2.55. The molecule has 2 rings (SSSR count). The first-order valence-corrected chi connectivity index (χ1v) is 9.05. The van der Waals surface area contributed by atoms with Crippen molar-refractivity contribution >= 4 is 30.3 Å². The van der Waals surface area contributed by atoms with Crippen LogP contribution in [0.5, 0.6) is 5.75 Å². The fourth-order valence-corrected chi connectivity index (χ4v) is 3.21. The summed E-state index contributed by atoms with van der Waals surface area (Å²) < 4.78 is 5.12. The maximum Gasteiger partial charge on any atom is 0.325 e. The van der Waals surface area contributed by atoms with Gasteiger partial charge in [0.1, 0.15) is 17.8 Å². The molecule has 8 nitrogen and oxygen atoms in total. The van der Waals surface area contributed by atoms with Crippen LogP contribution >= 0.6 is 12.4 Å². The Morgan fingerprint density at radius 1 is 1.25 bits per heavy atom. The van der Waals surface area contributed by atoms with Gasteiger partial charge in [0.25, 0.3) is 5.91 Å². The molecule has 1 unspecified atom stereocenters. The molecule has 9 heteroatoms. The summed E-state index contributed by atoms with van der Waals surface area (Å²) in [6.07, 6.45) is 1.32. The van der Waals surface area contributed by atoms with E-state index in [1.165, 1.54) is 0 Å². The van der Waals surface area contributed by atoms with Gasteiger partial charge in [-0.25, -0.2) is 4.79 Å². The number of halogens is 1. The molecule has 1 aromatic rings. The second-order valence-corrected chi connectivity index (χ2v) is 6.91. The molecule has 0 radical (unpaired) electrons. The molecule has 1 fully saturated rings. The molecule has 0 spiro atoms. The predicted molar refractivity (Wildman–Crippen MR) is 108 cm³/mol. The summed E-state index contributed by atoms with van der Waals surface area (Å²) in [7, 11) is 1.55. The Balaban J connectivity index is 0.00000392. The minimum atomic E-state index is -1.23. The minimum Gasteiger partial charge on any atom is -0.497 e. The first-order chi connectivity index (χ1) is 12.7. The number of rotatable bonds is 8. The van der Waals surface area contributed by atoms with E-state index in [-0.39, 0.29) is 25.5 Å². The molecule has 0 saturated carbocycles. The Hall–Kier alpha value is -2.32. The van der Waals surface area contributed by atoms with Crippen molar-refractivity contribution in [2.45, 2.75) is 44.7 Å². The SMILES string of the molecule is CCC(CC)(CN)NC(=O)CN1C(=O)NC(C)(c2ccc(OC)cc2)C1=O.Cl. The van der Waals surface area contributed by atoms with Gasteiger partial charge in [-0.2, -0.15) is 0 Å². The topological polar surface area (TPSA) is 114 Å². The van der Waals surface area contributed by atoms with Gasteiger partial charge in [0.05, 0.1) is 12.6 Å². The van der Waals surface area contributed by atoms with Crippen LogP contribution < -0.4 is 21.1 Å². The second-order valence-electron chi connectivity index (χ2n) is 6.91. The molecule has 156 valence electrons. The first kappa shape index (κ1) is 23.7. The monoisotopic (exact) mass is 412 g/mol. The molecular formula is C19H29ClN4O4. The van der Waals surface area contributed by atoms with Crippen molar-refractivity contribution < 1.29 is 19.1 Å². The Labute approximate surface area is 171 Å². The standard InChI is InChI=1S/C19H28N4O4.ClH/c1-5-19(6-2,12-20)21-15(24)11-23-16(25)18(3,22-17(23)26)13-7-9-14(27-4)10-8-13;/h7-10H,5-6,11-12,20H2,1-4H3,(H,21,24)(H,22,26);1H. The summed E-state index contributed by atoms with van der Waals surface area (Å²) >= 11 is 0. The average molecular weight is 413 g/mol. The van der Waals surface area contributed by atoms with Gasteiger partial charge in [-0.15, -0.1) is 12.4 Å². The van der Waals surface area contributed by atoms with Gasteiger partial charge >= 0.3 is 6.03 Å². The highest BCUT2D eigenvalue weighted by molar-refractivity contribution is 6.09. The minimum absolute atomic E-state index is 0. The summed E-state index contributed by atoms with van der Waals surface area (Å²) in [5, 5.41) is 5.56. The van der Waals surface area contributed by atoms with Crippen LogP contribution in [0.25, 0.3) is 0 Å². The summed E-state index contributed by atoms with van der Waals surface area (Å²) in [6.45, 7) is 5.43. The number of nitrogens with zero attached hydrogens (tertiary/aromatic N) is 1. The van der Waals surface area contributed by atoms with Gasteiger partial charge in [-0.1, -0.05) is 26.0 Å². The smallest absolute Gasteiger partial charge is 0.325 e. The molecule has 4 amide bonds. The maximum absolute atomic E-state index is 12.9. The highest BCUT2D eigenvalue weighted by Gasteiger charge is 2.49. The average Bonchev–Trinajstić information content (AvgIpc) is 2.90. The van der Waals surface area contributed by atoms with E-state index in [9.17, 15) is 14.4 Å². The summed E-state index contributed by atoms with van der Waals surface area (Å²) in [5.41, 5.74) is 4.65. The van der Waals surface area contributed by atoms with Gasteiger partial charge in [0.2, 0.25) is 5.91 Å². The van der Waals surface area contributed by atoms with Gasteiger partial charge in [0, 0.05) is 6.54 Å². The Bertz CT molecular complexity index is 713. The van der Waals surface area contributed by atoms with E-state index in [2.05, 4.69) is 10.6 Å². The number of nitrogens with one attached hydrogen (secondary N) is 2. The van der Waals surface area contributed by atoms with Crippen molar-refractivity contribution in [2.75, 3.05) is 20.2 Å². The third-order valence-electron chi connectivity index (χ3n) is 5.39. The van der Waals surface area contributed by atoms with Crippen molar-refractivity contribution in [3.63, 3.8) is 0 Å². The van der Waals surface area contributed by atoms with Gasteiger partial charge in [-0.3, -0.25) is 14.5 Å². The van der Waals surface area contributed by atoms with Gasteiger partial charge < -0.3 is 21.1 Å². The van der Waals surface area contributed by atoms with Gasteiger partial charge in [-0.05, 0) is 37.5 Å². The molecule has 0 aliphatic carbocycles. The Morgan fingerprint density at radius 3 is 2.29 bits per heavy atom. The number of urea groups is 1. The predicted octanol–water partition coefficient (Wildman–Crippen LogP) is 1.52. The number of ether oxygens (including phenoxy) is 1. The number of hydrogen-bond donors (Lipinski definition) is 3. The van der Waals surface area contributed by atoms with Gasteiger partial charge in [0.15, 0.2) is 0 Å². The number of carbonyl (C=O) groups excluding carboxylic acids is 3. The molecule has 28 heavy (non-hydrogen) atoms. The van der Waals surface area contributed by atoms with Crippen LogP contribution in [0.3, 0.4) is 0 Å². The van der Waals surface area contributed by atoms with E-state index in [0.29, 0.717) is 24.2 Å². The number of carbonyl (C=O) groups is 3. The van der Waals surface area contributed by atoms with Crippen LogP contribution in [0.15, 0.2) is 24.3 Å². The normalized spacial score (nSPS) is 19.1. The number of benzene rings is 1. The lowest BCUT2D eigenvalue weighted by Gasteiger charge is -2.32. The van der Waals surface area contributed by atoms with Crippen LogP contribution in [0, 0.1) is 0 Å². The van der Waals surface area contributed by atoms with Crippen molar-refractivity contribution in [3.05, 3.63) is 29.8 Å². The van der Waals surface area contributed by atoms with E-state index in [4.69, 9.17) is 10.5 Å². The lowest BCUT2D eigenvalue weighted by molar-refractivity contribution is -0.135. The molecule has 0 bridgehead atoms. The maximum atomic E-state index is 12.9. The highest BCUT2D eigenvalue weighted by Crippen LogP contribution is 2.30. The van der Waals surface area contributed by atoms with E-state index in [1.807, 2.05) is 13.8 Å². The molecule has 1 heterocycles. The number of imide groups is 1. The first-order valence-electron chi connectivity index (χ1n) is 9.05. The Morgan fingerprint density at radius 2 is 1.82 bits per heavy atom. The van der Waals surface area contributed by atoms with E-state index in [1.54, 1.807) is 38.3 Å². The number of nitrogens with two attached hydrogens (primary N) is 1. The molecule has 4 N–H and O–H groups in total. The third kappa shape index (κ3) is 4.39. The van der Waals surface area contributed by atoms with E-state index in [0.717, 1.165) is 4.90 Å². The quantitative estimate of drug-likeness (QED) is 0.560.